The first-order valence-corrected chi connectivity index (χ1v) is 12.4. The third-order valence-corrected chi connectivity index (χ3v) is 7.73. The van der Waals surface area contributed by atoms with Gasteiger partial charge in [0.25, 0.3) is 5.91 Å². The minimum Gasteiger partial charge on any atom is -0.342 e. The second-order valence-electron chi connectivity index (χ2n) is 8.88. The van der Waals surface area contributed by atoms with Gasteiger partial charge in [0.2, 0.25) is 10.0 Å². The summed E-state index contributed by atoms with van der Waals surface area (Å²) in [6.45, 7) is 11.1. The highest BCUT2D eigenvalue weighted by Crippen LogP contribution is 2.27. The first-order valence-electron chi connectivity index (χ1n) is 10.9. The van der Waals surface area contributed by atoms with E-state index in [2.05, 4.69) is 41.3 Å². The van der Waals surface area contributed by atoms with Crippen molar-refractivity contribution < 1.29 is 13.2 Å². The minimum absolute atomic E-state index is 0.146. The fourth-order valence-corrected chi connectivity index (χ4v) is 5.71. The van der Waals surface area contributed by atoms with Gasteiger partial charge in [-0.15, -0.1) is 0 Å². The summed E-state index contributed by atoms with van der Waals surface area (Å²) in [6, 6.07) is 5.84. The lowest BCUT2D eigenvalue weighted by Gasteiger charge is -2.34. The van der Waals surface area contributed by atoms with E-state index in [-0.39, 0.29) is 22.8 Å². The van der Waals surface area contributed by atoms with Crippen molar-refractivity contribution in [2.45, 2.75) is 64.3 Å². The summed E-state index contributed by atoms with van der Waals surface area (Å²) in [6.07, 6.45) is 1.95. The fourth-order valence-electron chi connectivity index (χ4n) is 3.98. The second kappa shape index (κ2) is 9.48. The lowest BCUT2D eigenvalue weighted by molar-refractivity contribution is 0.0938. The topological polar surface area (TPSA) is 108 Å². The molecule has 1 aromatic carbocycles. The Morgan fingerprint density at radius 1 is 1.26 bits per heavy atom. The van der Waals surface area contributed by atoms with Crippen molar-refractivity contribution in [3.8, 4) is 0 Å². The van der Waals surface area contributed by atoms with Crippen LogP contribution < -0.4 is 5.32 Å². The number of sulfonamides is 1. The molecule has 170 valence electrons. The molecular weight excluding hydrogens is 414 g/mol. The largest absolute Gasteiger partial charge is 0.342 e. The summed E-state index contributed by atoms with van der Waals surface area (Å²) in [5, 5.41) is 9.99. The summed E-state index contributed by atoms with van der Waals surface area (Å²) in [4.78, 5) is 17.4. The number of nitrogens with one attached hydrogen (secondary N) is 2. The van der Waals surface area contributed by atoms with E-state index < -0.39 is 10.0 Å². The van der Waals surface area contributed by atoms with Crippen molar-refractivity contribution in [2.75, 3.05) is 13.1 Å². The van der Waals surface area contributed by atoms with Crippen molar-refractivity contribution in [1.29, 1.82) is 0 Å². The van der Waals surface area contributed by atoms with Gasteiger partial charge in [-0.05, 0) is 49.8 Å². The number of rotatable bonds is 7. The molecule has 2 N–H and O–H groups in total. The minimum atomic E-state index is -3.65. The Morgan fingerprint density at radius 3 is 2.58 bits per heavy atom. The predicted octanol–water partition coefficient (Wildman–Crippen LogP) is 3.48. The predicted molar refractivity (Wildman–Crippen MR) is 119 cm³/mol. The van der Waals surface area contributed by atoms with Crippen LogP contribution >= 0.6 is 0 Å². The van der Waals surface area contributed by atoms with Crippen LogP contribution in [0.1, 0.15) is 81.4 Å². The van der Waals surface area contributed by atoms with E-state index in [1.54, 1.807) is 18.2 Å². The van der Waals surface area contributed by atoms with Gasteiger partial charge in [0, 0.05) is 24.6 Å². The number of aromatic amines is 1. The van der Waals surface area contributed by atoms with Gasteiger partial charge < -0.3 is 5.32 Å². The third-order valence-electron chi connectivity index (χ3n) is 5.90. The zero-order valence-corrected chi connectivity index (χ0v) is 19.7. The molecule has 31 heavy (non-hydrogen) atoms. The molecule has 1 amide bonds. The van der Waals surface area contributed by atoms with Crippen molar-refractivity contribution in [1.82, 2.24) is 24.8 Å². The zero-order valence-electron chi connectivity index (χ0n) is 18.9. The maximum atomic E-state index is 13.2. The third kappa shape index (κ3) is 5.33. The summed E-state index contributed by atoms with van der Waals surface area (Å²) in [7, 11) is -3.65. The number of piperidine rings is 1. The Labute approximate surface area is 184 Å². The Hall–Kier alpha value is -2.26. The molecule has 4 atom stereocenters. The zero-order chi connectivity index (χ0) is 22.8. The Morgan fingerprint density at radius 2 is 1.94 bits per heavy atom. The highest BCUT2D eigenvalue weighted by atomic mass is 32.2. The van der Waals surface area contributed by atoms with E-state index in [1.165, 1.54) is 10.4 Å². The number of hydrogen-bond donors (Lipinski definition) is 2. The molecule has 1 aliphatic heterocycles. The smallest absolute Gasteiger partial charge is 0.251 e. The van der Waals surface area contributed by atoms with Gasteiger partial charge in [-0.3, -0.25) is 9.89 Å². The number of carbonyl (C=O) groups excluding carboxylic acids is 1. The van der Waals surface area contributed by atoms with E-state index in [1.807, 2.05) is 13.8 Å². The van der Waals surface area contributed by atoms with Gasteiger partial charge in [0.15, 0.2) is 5.82 Å². The van der Waals surface area contributed by atoms with E-state index in [0.29, 0.717) is 36.3 Å². The van der Waals surface area contributed by atoms with E-state index in [9.17, 15) is 13.2 Å². The van der Waals surface area contributed by atoms with Crippen LogP contribution in [0, 0.1) is 11.8 Å². The second-order valence-corrected chi connectivity index (χ2v) is 10.8. The van der Waals surface area contributed by atoms with Gasteiger partial charge in [-0.2, -0.15) is 9.40 Å². The number of benzene rings is 1. The van der Waals surface area contributed by atoms with E-state index in [4.69, 9.17) is 0 Å². The average molecular weight is 448 g/mol. The van der Waals surface area contributed by atoms with Gasteiger partial charge in [0.1, 0.15) is 5.82 Å². The molecule has 0 saturated carbocycles. The monoisotopic (exact) mass is 447 g/mol. The number of nitrogens with zero attached hydrogens (tertiary/aromatic N) is 3. The van der Waals surface area contributed by atoms with Gasteiger partial charge >= 0.3 is 0 Å². The van der Waals surface area contributed by atoms with Crippen LogP contribution in [0.25, 0.3) is 0 Å². The van der Waals surface area contributed by atoms with Crippen molar-refractivity contribution in [3.63, 3.8) is 0 Å². The molecule has 0 bridgehead atoms. The molecule has 9 heteroatoms. The first kappa shape index (κ1) is 23.4. The molecule has 8 nitrogen and oxygen atoms in total. The van der Waals surface area contributed by atoms with Crippen LogP contribution in [0.15, 0.2) is 29.2 Å². The van der Waals surface area contributed by atoms with Crippen LogP contribution in [0.5, 0.6) is 0 Å². The molecule has 3 rings (SSSR count). The molecule has 0 unspecified atom stereocenters. The molecule has 1 fully saturated rings. The maximum Gasteiger partial charge on any atom is 0.251 e. The molecule has 1 aromatic heterocycles. The molecule has 0 aliphatic carbocycles. The van der Waals surface area contributed by atoms with Crippen molar-refractivity contribution >= 4 is 15.9 Å². The summed E-state index contributed by atoms with van der Waals surface area (Å²) < 4.78 is 27.9. The number of carbonyl (C=O) groups is 1. The molecule has 2 heterocycles. The highest BCUT2D eigenvalue weighted by molar-refractivity contribution is 7.89. The average Bonchev–Trinajstić information content (AvgIpc) is 3.23. The molecule has 2 aromatic rings. The van der Waals surface area contributed by atoms with Crippen LogP contribution in [-0.4, -0.2) is 46.9 Å². The van der Waals surface area contributed by atoms with Crippen molar-refractivity contribution in [3.05, 3.63) is 41.5 Å². The SMILES string of the molecule is CC[C@H](C)c1n[nH]c([C@H](C)NC(=O)c2cccc(S(=O)(=O)N3C[C@H](C)C[C@@H](C)C3)c2)n1. The number of hydrogen-bond acceptors (Lipinski definition) is 5. The molecule has 1 aliphatic rings. The highest BCUT2D eigenvalue weighted by Gasteiger charge is 2.32. The lowest BCUT2D eigenvalue weighted by atomic mass is 9.94. The van der Waals surface area contributed by atoms with Gasteiger partial charge in [-0.1, -0.05) is 33.8 Å². The number of aromatic nitrogens is 3. The lowest BCUT2D eigenvalue weighted by Crippen LogP contribution is -2.42. The molecule has 0 radical (unpaired) electrons. The summed E-state index contributed by atoms with van der Waals surface area (Å²) >= 11 is 0. The molecular formula is C22H33N5O3S. The standard InChI is InChI=1S/C22H33N5O3S/c1-6-16(4)20-24-21(26-25-20)17(5)23-22(28)18-8-7-9-19(11-18)31(29,30)27-12-14(2)10-15(3)13-27/h7-9,11,14-17H,6,10,12-13H2,1-5H3,(H,23,28)(H,24,25,26)/t14-,15-,16+,17+/m1/s1. The number of H-pyrrole nitrogens is 1. The first-order chi connectivity index (χ1) is 14.6. The van der Waals surface area contributed by atoms with Gasteiger partial charge in [0.05, 0.1) is 10.9 Å². The summed E-state index contributed by atoms with van der Waals surface area (Å²) in [5.74, 6) is 1.79. The molecule has 1 saturated heterocycles. The van der Waals surface area contributed by atoms with Crippen LogP contribution in [-0.2, 0) is 10.0 Å². The quantitative estimate of drug-likeness (QED) is 0.676. The van der Waals surface area contributed by atoms with Crippen LogP contribution in [0.4, 0.5) is 0 Å². The summed E-state index contributed by atoms with van der Waals surface area (Å²) in [5.41, 5.74) is 0.299. The van der Waals surface area contributed by atoms with Crippen molar-refractivity contribution in [2.24, 2.45) is 11.8 Å². The Bertz CT molecular complexity index is 1010. The normalized spacial score (nSPS) is 22.1. The number of amides is 1. The molecule has 0 spiro atoms. The Kier molecular flexibility index (Phi) is 7.16. The van der Waals surface area contributed by atoms with E-state index in [0.717, 1.165) is 18.7 Å². The fraction of sp³-hybridized carbons (Fsp3) is 0.591. The van der Waals surface area contributed by atoms with Gasteiger partial charge in [-0.25, -0.2) is 13.4 Å². The maximum absolute atomic E-state index is 13.2. The van der Waals surface area contributed by atoms with E-state index >= 15 is 0 Å². The van der Waals surface area contributed by atoms with Crippen LogP contribution in [0.2, 0.25) is 0 Å². The Balaban J connectivity index is 1.74. The van der Waals surface area contributed by atoms with Crippen LogP contribution in [0.3, 0.4) is 0 Å².